The molecule has 6 aromatic carbocycles. The zero-order valence-corrected chi connectivity index (χ0v) is 40.4. The molecule has 0 spiro atoms. The maximum absolute atomic E-state index is 13.8. The molecule has 1 aliphatic rings. The van der Waals surface area contributed by atoms with Gasteiger partial charge in [0.05, 0.1) is 44.7 Å². The summed E-state index contributed by atoms with van der Waals surface area (Å²) in [5.74, 6) is -5.95. The van der Waals surface area contributed by atoms with Crippen LogP contribution in [0.5, 0.6) is 11.5 Å². The van der Waals surface area contributed by atoms with Crippen LogP contribution < -0.4 is 16.1 Å². The number of phenols is 2. The van der Waals surface area contributed by atoms with Crippen LogP contribution in [0.25, 0.3) is 32.9 Å². The van der Waals surface area contributed by atoms with E-state index in [4.69, 9.17) is 14.4 Å². The van der Waals surface area contributed by atoms with E-state index in [9.17, 15) is 33.2 Å². The summed E-state index contributed by atoms with van der Waals surface area (Å²) in [6.07, 6.45) is 3.12. The number of pyridine rings is 2. The summed E-state index contributed by atoms with van der Waals surface area (Å²) in [5, 5.41) is 45.7. The molecule has 0 amide bonds. The van der Waals surface area contributed by atoms with Crippen molar-refractivity contribution < 1.29 is 37.1 Å². The lowest BCUT2D eigenvalue weighted by molar-refractivity contribution is 0.00578. The fourth-order valence-electron chi connectivity index (χ4n) is 7.54. The zero-order valence-electron chi connectivity index (χ0n) is 38.8. The second-order valence-electron chi connectivity index (χ2n) is 17.5. The first-order valence-corrected chi connectivity index (χ1v) is 22.8. The number of hydrogen-bond acceptors (Lipinski definition) is 10. The monoisotopic (exact) mass is 1020 g/mol. The summed E-state index contributed by atoms with van der Waals surface area (Å²) >= 11 is 2.86. The molecular formula is C55H50BBrF4N6O4. The summed E-state index contributed by atoms with van der Waals surface area (Å²) in [6, 6.07) is 39.5. The van der Waals surface area contributed by atoms with Crippen LogP contribution in [0.15, 0.2) is 138 Å². The van der Waals surface area contributed by atoms with Crippen LogP contribution in [0, 0.1) is 45.9 Å². The van der Waals surface area contributed by atoms with E-state index >= 15 is 0 Å². The van der Waals surface area contributed by atoms with Gasteiger partial charge in [0.2, 0.25) is 0 Å². The zero-order chi connectivity index (χ0) is 50.5. The smallest absolute Gasteiger partial charge is 0.494 e. The molecule has 1 aliphatic heterocycles. The fourth-order valence-corrected chi connectivity index (χ4v) is 7.94. The molecule has 4 N–H and O–H groups in total. The molecule has 0 radical (unpaired) electrons. The predicted molar refractivity (Wildman–Crippen MR) is 275 cm³/mol. The second kappa shape index (κ2) is 22.1. The number of hydrogen-bond donors (Lipinski definition) is 4. The predicted octanol–water partition coefficient (Wildman–Crippen LogP) is 13.6. The molecule has 71 heavy (non-hydrogen) atoms. The Balaban J connectivity index is 0.000000193. The molecule has 16 heteroatoms. The molecular weight excluding hydrogens is 975 g/mol. The average Bonchev–Trinajstić information content (AvgIpc) is 3.58. The third kappa shape index (κ3) is 11.8. The maximum atomic E-state index is 13.8. The Kier molecular flexibility index (Phi) is 16.4. The maximum Gasteiger partial charge on any atom is 0.494 e. The third-order valence-electron chi connectivity index (χ3n) is 12.2. The van der Waals surface area contributed by atoms with Crippen molar-refractivity contribution in [3.8, 4) is 34.8 Å². The summed E-state index contributed by atoms with van der Waals surface area (Å²) in [4.78, 5) is 8.80. The van der Waals surface area contributed by atoms with E-state index in [1.54, 1.807) is 24.4 Å². The molecule has 1 saturated heterocycles. The van der Waals surface area contributed by atoms with Gasteiger partial charge >= 0.3 is 7.12 Å². The van der Waals surface area contributed by atoms with Crippen LogP contribution in [-0.4, -0.2) is 38.5 Å². The van der Waals surface area contributed by atoms with Gasteiger partial charge in [-0.2, -0.15) is 10.5 Å². The fraction of sp³-hybridized carbons (Fsp3) is 0.200. The Morgan fingerprint density at radius 3 is 1.44 bits per heavy atom. The van der Waals surface area contributed by atoms with E-state index in [-0.39, 0.29) is 29.5 Å². The molecule has 9 rings (SSSR count). The lowest BCUT2D eigenvalue weighted by atomic mass is 9.78. The first-order valence-electron chi connectivity index (χ1n) is 22.0. The van der Waals surface area contributed by atoms with E-state index in [0.717, 1.165) is 57.4 Å². The van der Waals surface area contributed by atoms with Crippen LogP contribution in [0.3, 0.4) is 0 Å². The SMILES string of the molecule is C.CC(Nc1c(C#N)cnc2ccc(-c3cc(F)c(O)c(F)c3)cc12)c1ccccc1.CC(Nc1c(C#N)cnc2ccc(B3OC(C)(C)C(C)(C)O3)cc12)c1ccccc1.Oc1c(F)cc(Br)cc1F. The van der Waals surface area contributed by atoms with E-state index in [1.165, 1.54) is 6.20 Å². The average molecular weight is 1030 g/mol. The highest BCUT2D eigenvalue weighted by Gasteiger charge is 2.51. The van der Waals surface area contributed by atoms with Crippen molar-refractivity contribution in [2.45, 2.75) is 72.3 Å². The van der Waals surface area contributed by atoms with Crippen molar-refractivity contribution in [1.29, 1.82) is 10.5 Å². The van der Waals surface area contributed by atoms with Crippen molar-refractivity contribution in [2.75, 3.05) is 10.6 Å². The van der Waals surface area contributed by atoms with E-state index in [2.05, 4.69) is 67.7 Å². The molecule has 1 fully saturated rings. The van der Waals surface area contributed by atoms with E-state index in [0.29, 0.717) is 33.3 Å². The molecule has 2 atom stereocenters. The van der Waals surface area contributed by atoms with Crippen molar-refractivity contribution in [2.24, 2.45) is 0 Å². The lowest BCUT2D eigenvalue weighted by Crippen LogP contribution is -2.41. The molecule has 10 nitrogen and oxygen atoms in total. The highest BCUT2D eigenvalue weighted by molar-refractivity contribution is 9.10. The Bertz CT molecular complexity index is 3240. The standard InChI is InChI=1S/C24H26BN3O2.C24H17F2N3O.C6H3BrF2O.CH4/c1-16(17-9-7-6-8-10-17)28-22-18(14-26)15-27-21-12-11-19(13-20(21)22)25-29-23(2,3)24(4,5)30-25;1-14(15-5-3-2-4-6-15)29-23-18(12-27)13-28-22-8-7-16(9-19(22)23)17-10-20(25)24(30)21(26)11-17;7-3-1-4(8)6(10)5(9)2-3;/h6-13,15-16H,1-5H3,(H,27,28);2-11,13-14,30H,1H3,(H,28,29);1-2,10H;1H4. The van der Waals surface area contributed by atoms with Gasteiger partial charge in [-0.1, -0.05) is 102 Å². The van der Waals surface area contributed by atoms with Crippen molar-refractivity contribution in [1.82, 2.24) is 9.97 Å². The third-order valence-corrected chi connectivity index (χ3v) is 12.6. The normalized spacial score (nSPS) is 14.1. The summed E-state index contributed by atoms with van der Waals surface area (Å²) in [7, 11) is -0.468. The summed E-state index contributed by atoms with van der Waals surface area (Å²) in [5.41, 5.74) is 6.79. The van der Waals surface area contributed by atoms with Gasteiger partial charge in [0.1, 0.15) is 12.1 Å². The topological polar surface area (TPSA) is 156 Å². The van der Waals surface area contributed by atoms with E-state index in [1.807, 2.05) is 101 Å². The first-order chi connectivity index (χ1) is 33.3. The minimum absolute atomic E-state index is 0. The van der Waals surface area contributed by atoms with Gasteiger partial charge in [0, 0.05) is 39.7 Å². The number of fused-ring (bicyclic) bond motifs is 2. The molecule has 0 saturated carbocycles. The molecule has 2 unspecified atom stereocenters. The first kappa shape index (κ1) is 52.9. The number of aromatic hydroxyl groups is 2. The molecule has 362 valence electrons. The molecule has 0 bridgehead atoms. The molecule has 8 aromatic rings. The number of benzene rings is 6. The van der Waals surface area contributed by atoms with Gasteiger partial charge in [-0.05, 0) is 112 Å². The van der Waals surface area contributed by atoms with Crippen molar-refractivity contribution >= 4 is 61.7 Å². The van der Waals surface area contributed by atoms with Gasteiger partial charge in [-0.3, -0.25) is 9.97 Å². The molecule has 3 heterocycles. The Hall–Kier alpha value is -7.50. The number of aromatic nitrogens is 2. The summed E-state index contributed by atoms with van der Waals surface area (Å²) in [6.45, 7) is 12.2. The number of rotatable bonds is 8. The van der Waals surface area contributed by atoms with Crippen LogP contribution in [0.2, 0.25) is 0 Å². The number of nitrogens with one attached hydrogen (secondary N) is 2. The van der Waals surface area contributed by atoms with Gasteiger partial charge < -0.3 is 30.2 Å². The van der Waals surface area contributed by atoms with Crippen LogP contribution in [0.1, 0.15) is 83.3 Å². The second-order valence-corrected chi connectivity index (χ2v) is 18.4. The Morgan fingerprint density at radius 1 is 0.592 bits per heavy atom. The summed E-state index contributed by atoms with van der Waals surface area (Å²) < 4.78 is 65.0. The van der Waals surface area contributed by atoms with Crippen LogP contribution in [0.4, 0.5) is 28.9 Å². The van der Waals surface area contributed by atoms with Gasteiger partial charge in [-0.15, -0.1) is 0 Å². The van der Waals surface area contributed by atoms with Gasteiger partial charge in [-0.25, -0.2) is 17.6 Å². The van der Waals surface area contributed by atoms with Crippen molar-refractivity contribution in [3.63, 3.8) is 0 Å². The quantitative estimate of drug-likeness (QED) is 0.0853. The molecule has 0 aliphatic carbocycles. The highest BCUT2D eigenvalue weighted by Crippen LogP contribution is 2.38. The largest absolute Gasteiger partial charge is 0.503 e. The van der Waals surface area contributed by atoms with Gasteiger partial charge in [0.15, 0.2) is 34.8 Å². The minimum atomic E-state index is -1.04. The van der Waals surface area contributed by atoms with Crippen molar-refractivity contribution in [3.05, 3.63) is 184 Å². The van der Waals surface area contributed by atoms with Gasteiger partial charge in [0.25, 0.3) is 0 Å². The number of anilines is 2. The number of nitrogens with zero attached hydrogens (tertiary/aromatic N) is 4. The highest BCUT2D eigenvalue weighted by atomic mass is 79.9. The van der Waals surface area contributed by atoms with Crippen LogP contribution in [-0.2, 0) is 9.31 Å². The lowest BCUT2D eigenvalue weighted by Gasteiger charge is -2.32. The van der Waals surface area contributed by atoms with Crippen LogP contribution >= 0.6 is 15.9 Å². The molecule has 2 aromatic heterocycles. The number of phenolic OH excluding ortho intramolecular Hbond substituents is 2. The number of nitriles is 2. The number of halogens is 5. The Labute approximate surface area is 418 Å². The Morgan fingerprint density at radius 2 is 1.00 bits per heavy atom. The minimum Gasteiger partial charge on any atom is -0.503 e. The van der Waals surface area contributed by atoms with E-state index < -0.39 is 53.1 Å².